The number of carbonyl (C=O) groups excluding carboxylic acids is 2. The summed E-state index contributed by atoms with van der Waals surface area (Å²) in [6.07, 6.45) is 1.80. The highest BCUT2D eigenvalue weighted by Crippen LogP contribution is 2.42. The van der Waals surface area contributed by atoms with Crippen LogP contribution in [0.3, 0.4) is 0 Å². The van der Waals surface area contributed by atoms with Crippen LogP contribution in [0.25, 0.3) is 5.57 Å². The van der Waals surface area contributed by atoms with Crippen molar-refractivity contribution in [3.05, 3.63) is 64.1 Å². The van der Waals surface area contributed by atoms with Gasteiger partial charge in [0.15, 0.2) is 11.6 Å². The van der Waals surface area contributed by atoms with E-state index in [2.05, 4.69) is 4.99 Å². The normalized spacial score (nSPS) is 19.5. The molecule has 4 rings (SSSR count). The van der Waals surface area contributed by atoms with Crippen LogP contribution >= 0.6 is 0 Å². The minimum atomic E-state index is -0.157. The van der Waals surface area contributed by atoms with Gasteiger partial charge in [-0.1, -0.05) is 24.3 Å². The van der Waals surface area contributed by atoms with E-state index in [0.29, 0.717) is 34.7 Å². The minimum Gasteiger partial charge on any atom is -0.496 e. The fourth-order valence-electron chi connectivity index (χ4n) is 3.24. The number of benzene rings is 1. The molecule has 0 amide bonds. The Morgan fingerprint density at radius 3 is 2.68 bits per heavy atom. The van der Waals surface area contributed by atoms with Crippen LogP contribution < -0.4 is 0 Å². The van der Waals surface area contributed by atoms with Crippen LogP contribution in [0.15, 0.2) is 57.9 Å². The molecule has 1 aliphatic heterocycles. The van der Waals surface area contributed by atoms with Gasteiger partial charge in [0.1, 0.15) is 11.5 Å². The van der Waals surface area contributed by atoms with Gasteiger partial charge in [-0.15, -0.1) is 0 Å². The van der Waals surface area contributed by atoms with Crippen LogP contribution in [0.5, 0.6) is 0 Å². The number of ether oxygens (including phenoxy) is 1. The number of hydrogen-bond acceptors (Lipinski definition) is 4. The quantitative estimate of drug-likeness (QED) is 0.798. The maximum atomic E-state index is 12.5. The zero-order chi connectivity index (χ0) is 15.4. The van der Waals surface area contributed by atoms with Crippen molar-refractivity contribution in [3.63, 3.8) is 0 Å². The molecule has 0 atom stereocenters. The standard InChI is InChI=1S/C18H13NO3/c1-9-14(22-2)8-12(20)16-15-11-6-4-3-5-10(11)7-13(21)18(15)19-17(9)16/h3-6,8H,7H2,1-2H3. The predicted molar refractivity (Wildman–Crippen MR) is 82.3 cm³/mol. The van der Waals surface area contributed by atoms with Gasteiger partial charge >= 0.3 is 0 Å². The van der Waals surface area contributed by atoms with E-state index in [9.17, 15) is 9.59 Å². The third kappa shape index (κ3) is 1.55. The Bertz CT molecular complexity index is 881. The Balaban J connectivity index is 2.06. The average Bonchev–Trinajstić information content (AvgIpc) is 2.93. The topological polar surface area (TPSA) is 55.7 Å². The number of fused-ring (bicyclic) bond motifs is 4. The minimum absolute atomic E-state index is 0.0392. The van der Waals surface area contributed by atoms with Crippen molar-refractivity contribution >= 4 is 22.9 Å². The van der Waals surface area contributed by atoms with E-state index < -0.39 is 0 Å². The van der Waals surface area contributed by atoms with Gasteiger partial charge in [-0.25, -0.2) is 4.99 Å². The molecular weight excluding hydrogens is 278 g/mol. The fraction of sp³-hybridized carbons (Fsp3) is 0.167. The molecule has 0 saturated carbocycles. The largest absolute Gasteiger partial charge is 0.496 e. The molecule has 0 fully saturated rings. The van der Waals surface area contributed by atoms with E-state index in [1.807, 2.05) is 31.2 Å². The van der Waals surface area contributed by atoms with Gasteiger partial charge in [-0.05, 0) is 18.1 Å². The van der Waals surface area contributed by atoms with Crippen LogP contribution in [0.1, 0.15) is 18.1 Å². The third-order valence-electron chi connectivity index (χ3n) is 4.30. The summed E-state index contributed by atoms with van der Waals surface area (Å²) in [5, 5.41) is 0. The first-order valence-corrected chi connectivity index (χ1v) is 7.08. The number of hydrogen-bond donors (Lipinski definition) is 0. The Morgan fingerprint density at radius 1 is 1.14 bits per heavy atom. The first-order valence-electron chi connectivity index (χ1n) is 7.08. The van der Waals surface area contributed by atoms with E-state index in [-0.39, 0.29) is 11.6 Å². The molecule has 4 heteroatoms. The van der Waals surface area contributed by atoms with Gasteiger partial charge in [0.05, 0.1) is 18.4 Å². The molecule has 0 radical (unpaired) electrons. The summed E-state index contributed by atoms with van der Waals surface area (Å²) in [7, 11) is 1.52. The number of rotatable bonds is 1. The van der Waals surface area contributed by atoms with Crippen LogP contribution in [-0.2, 0) is 20.7 Å². The molecule has 108 valence electrons. The van der Waals surface area contributed by atoms with Gasteiger partial charge in [0, 0.05) is 23.6 Å². The Morgan fingerprint density at radius 2 is 1.91 bits per heavy atom. The smallest absolute Gasteiger partial charge is 0.192 e. The summed E-state index contributed by atoms with van der Waals surface area (Å²) in [5.41, 5.74) is 4.84. The molecule has 1 aromatic rings. The highest BCUT2D eigenvalue weighted by Gasteiger charge is 2.39. The second kappa shape index (κ2) is 4.37. The summed E-state index contributed by atoms with van der Waals surface area (Å²) in [6.45, 7) is 1.86. The Kier molecular flexibility index (Phi) is 2.57. The van der Waals surface area contributed by atoms with Crippen molar-refractivity contribution in [2.45, 2.75) is 13.3 Å². The first-order chi connectivity index (χ1) is 10.6. The van der Waals surface area contributed by atoms with E-state index >= 15 is 0 Å². The lowest BCUT2D eigenvalue weighted by atomic mass is 9.81. The predicted octanol–water partition coefficient (Wildman–Crippen LogP) is 2.41. The van der Waals surface area contributed by atoms with Gasteiger partial charge < -0.3 is 4.74 Å². The second-order valence-electron chi connectivity index (χ2n) is 5.52. The number of allylic oxidation sites excluding steroid dienone is 4. The van der Waals surface area contributed by atoms with Crippen LogP contribution in [0.4, 0.5) is 0 Å². The molecule has 1 heterocycles. The number of nitrogens with zero attached hydrogens (tertiary/aromatic N) is 1. The van der Waals surface area contributed by atoms with Crippen molar-refractivity contribution in [2.24, 2.45) is 4.99 Å². The molecular formula is C18H13NO3. The first kappa shape index (κ1) is 13.0. The van der Waals surface area contributed by atoms with Crippen molar-refractivity contribution in [3.8, 4) is 0 Å². The van der Waals surface area contributed by atoms with Crippen molar-refractivity contribution < 1.29 is 14.3 Å². The SMILES string of the molecule is COC1=CC(=O)C2=C3C(=NC2=C1C)C(=O)Cc1ccccc13. The molecule has 3 aliphatic rings. The summed E-state index contributed by atoms with van der Waals surface area (Å²) >= 11 is 0. The van der Waals surface area contributed by atoms with Gasteiger partial charge in [0.25, 0.3) is 0 Å². The molecule has 0 spiro atoms. The molecule has 0 aromatic heterocycles. The summed E-state index contributed by atoms with van der Waals surface area (Å²) in [4.78, 5) is 29.4. The molecule has 0 saturated heterocycles. The van der Waals surface area contributed by atoms with Crippen LogP contribution in [0.2, 0.25) is 0 Å². The summed E-state index contributed by atoms with van der Waals surface area (Å²) < 4.78 is 5.24. The number of aliphatic imine (C=N–C) groups is 1. The number of Topliss-reactive ketones (excluding diaryl/α,β-unsaturated/α-hetero) is 1. The molecule has 0 unspecified atom stereocenters. The van der Waals surface area contributed by atoms with Gasteiger partial charge in [-0.3, -0.25) is 9.59 Å². The van der Waals surface area contributed by atoms with Gasteiger partial charge in [-0.2, -0.15) is 0 Å². The van der Waals surface area contributed by atoms with E-state index in [1.165, 1.54) is 13.2 Å². The van der Waals surface area contributed by atoms with E-state index in [4.69, 9.17) is 4.74 Å². The summed E-state index contributed by atoms with van der Waals surface area (Å²) in [6, 6.07) is 7.69. The lowest BCUT2D eigenvalue weighted by molar-refractivity contribution is -0.112. The zero-order valence-electron chi connectivity index (χ0n) is 12.3. The third-order valence-corrected chi connectivity index (χ3v) is 4.30. The second-order valence-corrected chi connectivity index (χ2v) is 5.52. The monoisotopic (exact) mass is 291 g/mol. The van der Waals surface area contributed by atoms with Crippen molar-refractivity contribution in [2.75, 3.05) is 7.11 Å². The maximum absolute atomic E-state index is 12.5. The zero-order valence-corrected chi connectivity index (χ0v) is 12.3. The van der Waals surface area contributed by atoms with Gasteiger partial charge in [0.2, 0.25) is 0 Å². The molecule has 4 nitrogen and oxygen atoms in total. The van der Waals surface area contributed by atoms with Crippen molar-refractivity contribution in [1.29, 1.82) is 0 Å². The van der Waals surface area contributed by atoms with E-state index in [1.54, 1.807) is 0 Å². The maximum Gasteiger partial charge on any atom is 0.192 e. The highest BCUT2D eigenvalue weighted by molar-refractivity contribution is 6.61. The number of methoxy groups -OCH3 is 1. The lowest BCUT2D eigenvalue weighted by Crippen LogP contribution is -2.24. The number of carbonyl (C=O) groups is 2. The molecule has 22 heavy (non-hydrogen) atoms. The molecule has 0 N–H and O–H groups in total. The van der Waals surface area contributed by atoms with E-state index in [0.717, 1.165) is 16.7 Å². The Labute approximate surface area is 127 Å². The highest BCUT2D eigenvalue weighted by atomic mass is 16.5. The molecule has 0 bridgehead atoms. The number of ketones is 2. The fourth-order valence-corrected chi connectivity index (χ4v) is 3.24. The molecule has 2 aliphatic carbocycles. The lowest BCUT2D eigenvalue weighted by Gasteiger charge is -2.19. The summed E-state index contributed by atoms with van der Waals surface area (Å²) in [5.74, 6) is 0.312. The van der Waals surface area contributed by atoms with Crippen LogP contribution in [-0.4, -0.2) is 24.4 Å². The average molecular weight is 291 g/mol. The molecule has 1 aromatic carbocycles. The van der Waals surface area contributed by atoms with Crippen molar-refractivity contribution in [1.82, 2.24) is 0 Å². The van der Waals surface area contributed by atoms with Crippen LogP contribution in [0, 0.1) is 0 Å². The Hall–Kier alpha value is -2.75.